The van der Waals surface area contributed by atoms with Gasteiger partial charge in [0, 0.05) is 0 Å². The van der Waals surface area contributed by atoms with Crippen molar-refractivity contribution < 1.29 is 26.2 Å². The Morgan fingerprint density at radius 2 is 1.70 bits per heavy atom. The third kappa shape index (κ3) is 6.14. The molecular formula is C20H27IN2O6S. The van der Waals surface area contributed by atoms with E-state index in [0.29, 0.717) is 4.47 Å². The Morgan fingerprint density at radius 3 is 2.17 bits per heavy atom. The minimum absolute atomic E-state index is 0.0249. The molecule has 0 aromatic heterocycles. The Balaban J connectivity index is 2.34. The van der Waals surface area contributed by atoms with Gasteiger partial charge in [-0.1, -0.05) is 0 Å². The van der Waals surface area contributed by atoms with E-state index in [1.54, 1.807) is 19.2 Å². The summed E-state index contributed by atoms with van der Waals surface area (Å²) in [7, 11) is -2.59. The molecule has 166 valence electrons. The summed E-state index contributed by atoms with van der Waals surface area (Å²) in [4.78, 5) is 11.7. The van der Waals surface area contributed by atoms with Crippen molar-refractivity contribution in [3.63, 3.8) is 0 Å². The molecular weight excluding hydrogens is 523 g/mol. The summed E-state index contributed by atoms with van der Waals surface area (Å²) < 4.78 is 38.4. The number of carboxylic acid groups (broad SMARTS) is 1. The first kappa shape index (κ1) is 24.5. The van der Waals surface area contributed by atoms with Gasteiger partial charge in [0.15, 0.2) is 0 Å². The second-order valence-electron chi connectivity index (χ2n) is 6.34. The first-order valence-corrected chi connectivity index (χ1v) is 13.4. The van der Waals surface area contributed by atoms with E-state index < -0.39 is 43.7 Å². The third-order valence-corrected chi connectivity index (χ3v) is 8.57. The molecule has 0 aliphatic heterocycles. The number of aliphatic carboxylic acids is 1. The second kappa shape index (κ2) is 11.6. The summed E-state index contributed by atoms with van der Waals surface area (Å²) >= 11 is -1.15. The number of nitrogens with two attached hydrogens (primary N) is 1. The van der Waals surface area contributed by atoms with Crippen LogP contribution in [-0.2, 0) is 18.0 Å². The maximum absolute atomic E-state index is 13.2. The number of alkyl halides is 1. The number of carbonyl (C=O) groups is 1. The summed E-state index contributed by atoms with van der Waals surface area (Å²) in [5, 5.41) is 9.54. The van der Waals surface area contributed by atoms with Gasteiger partial charge in [0.1, 0.15) is 0 Å². The molecule has 0 unspecified atom stereocenters. The monoisotopic (exact) mass is 550 g/mol. The van der Waals surface area contributed by atoms with Crippen molar-refractivity contribution in [2.24, 2.45) is 5.73 Å². The predicted molar refractivity (Wildman–Crippen MR) is 124 cm³/mol. The van der Waals surface area contributed by atoms with Gasteiger partial charge in [-0.15, -0.1) is 0 Å². The van der Waals surface area contributed by atoms with Crippen molar-refractivity contribution in [3.05, 3.63) is 48.5 Å². The standard InChI is InChI=1S/C20H27IN2O6S/c1-3-13-21-29-23(19(12-14-22)20(24)25)30(26,27)18-10-6-16(7-11-18)15-4-8-17(28-2)9-5-15/h4-11,19,21H,3,12-14,22H2,1-2H3,(H,24,25)/t19-/m1/s1. The van der Waals surface area contributed by atoms with Crippen LogP contribution in [0.25, 0.3) is 11.1 Å². The van der Waals surface area contributed by atoms with Crippen molar-refractivity contribution >= 4 is 37.6 Å². The summed E-state index contributed by atoms with van der Waals surface area (Å²) in [6, 6.07) is 12.3. The molecule has 8 nitrogen and oxygen atoms in total. The molecule has 0 spiro atoms. The number of hydroxylamine groups is 1. The van der Waals surface area contributed by atoms with Crippen molar-refractivity contribution in [2.45, 2.75) is 30.7 Å². The maximum atomic E-state index is 13.2. The minimum atomic E-state index is -4.17. The Bertz CT molecular complexity index is 919. The van der Waals surface area contributed by atoms with Crippen LogP contribution >= 0.6 is 21.6 Å². The number of methoxy groups -OCH3 is 1. The number of carboxylic acids is 1. The van der Waals surface area contributed by atoms with Gasteiger partial charge in [-0.2, -0.15) is 0 Å². The van der Waals surface area contributed by atoms with E-state index in [1.807, 2.05) is 31.2 Å². The van der Waals surface area contributed by atoms with Gasteiger partial charge in [0.25, 0.3) is 0 Å². The first-order valence-electron chi connectivity index (χ1n) is 9.36. The van der Waals surface area contributed by atoms with Gasteiger partial charge in [-0.25, -0.2) is 0 Å². The van der Waals surface area contributed by atoms with Crippen LogP contribution in [0, 0.1) is 0 Å². The molecule has 2 aromatic rings. The van der Waals surface area contributed by atoms with Crippen molar-refractivity contribution in [1.82, 2.24) is 4.47 Å². The van der Waals surface area contributed by atoms with E-state index in [-0.39, 0.29) is 17.9 Å². The summed E-state index contributed by atoms with van der Waals surface area (Å²) in [6.07, 6.45) is 0.791. The van der Waals surface area contributed by atoms with E-state index in [2.05, 4.69) is 0 Å². The zero-order chi connectivity index (χ0) is 22.1. The number of halogens is 1. The molecule has 3 N–H and O–H groups in total. The fourth-order valence-electron chi connectivity index (χ4n) is 2.62. The quantitative estimate of drug-likeness (QED) is 0.180. The Kier molecular flexibility index (Phi) is 9.49. The topological polar surface area (TPSA) is 119 Å². The molecule has 1 atom stereocenters. The predicted octanol–water partition coefficient (Wildman–Crippen LogP) is 3.11. The van der Waals surface area contributed by atoms with Gasteiger partial charge in [-0.3, -0.25) is 0 Å². The molecule has 0 aliphatic carbocycles. The number of ether oxygens (including phenoxy) is 1. The number of sulfonamides is 1. The van der Waals surface area contributed by atoms with Crippen LogP contribution in [0.15, 0.2) is 53.4 Å². The van der Waals surface area contributed by atoms with Crippen LogP contribution in [0.1, 0.15) is 19.8 Å². The fraction of sp³-hybridized carbons (Fsp3) is 0.350. The Labute approximate surface area is 187 Å². The molecule has 0 heterocycles. The van der Waals surface area contributed by atoms with Crippen molar-refractivity contribution in [3.8, 4) is 16.9 Å². The van der Waals surface area contributed by atoms with E-state index in [0.717, 1.165) is 27.7 Å². The van der Waals surface area contributed by atoms with Gasteiger partial charge < -0.3 is 0 Å². The third-order valence-electron chi connectivity index (χ3n) is 4.21. The number of hydrogen-bond donors (Lipinski definition) is 2. The number of nitrogens with zero attached hydrogens (tertiary/aromatic N) is 1. The number of benzene rings is 2. The van der Waals surface area contributed by atoms with Crippen molar-refractivity contribution in [1.29, 1.82) is 0 Å². The van der Waals surface area contributed by atoms with E-state index >= 15 is 0 Å². The Morgan fingerprint density at radius 1 is 1.13 bits per heavy atom. The average molecular weight is 550 g/mol. The molecule has 0 amide bonds. The van der Waals surface area contributed by atoms with Crippen LogP contribution in [-0.4, -0.2) is 48.1 Å². The molecule has 10 heteroatoms. The second-order valence-corrected chi connectivity index (χ2v) is 10.4. The molecule has 30 heavy (non-hydrogen) atoms. The van der Waals surface area contributed by atoms with Crippen LogP contribution in [0.2, 0.25) is 0 Å². The van der Waals surface area contributed by atoms with Crippen LogP contribution in [0.5, 0.6) is 5.75 Å². The van der Waals surface area contributed by atoms with Crippen LogP contribution in [0.4, 0.5) is 0 Å². The normalized spacial score (nSPS) is 12.8. The van der Waals surface area contributed by atoms with E-state index in [1.165, 1.54) is 12.1 Å². The van der Waals surface area contributed by atoms with Crippen molar-refractivity contribution in [2.75, 3.05) is 18.1 Å². The number of hydrogen-bond acceptors (Lipinski definition) is 6. The van der Waals surface area contributed by atoms with E-state index in [4.69, 9.17) is 13.6 Å². The molecule has 0 aliphatic rings. The van der Waals surface area contributed by atoms with E-state index in [9.17, 15) is 18.3 Å². The molecule has 2 aromatic carbocycles. The average Bonchev–Trinajstić information content (AvgIpc) is 2.75. The molecule has 0 saturated carbocycles. The SMILES string of the molecule is CCC[IH]ON([C@H](CCN)C(=O)O)S(=O)(=O)c1ccc(-c2ccc(OC)cc2)cc1. The van der Waals surface area contributed by atoms with Gasteiger partial charge in [0.05, 0.1) is 7.11 Å². The van der Waals surface area contributed by atoms with Crippen LogP contribution < -0.4 is 10.5 Å². The molecule has 0 bridgehead atoms. The van der Waals surface area contributed by atoms with Gasteiger partial charge >= 0.3 is 181 Å². The summed E-state index contributed by atoms with van der Waals surface area (Å²) in [6.45, 7) is 1.98. The van der Waals surface area contributed by atoms with Gasteiger partial charge in [-0.05, 0) is 0 Å². The molecule has 0 saturated heterocycles. The zero-order valence-corrected chi connectivity index (χ0v) is 20.0. The summed E-state index contributed by atoms with van der Waals surface area (Å²) in [5.41, 5.74) is 7.23. The first-order chi connectivity index (χ1) is 14.3. The Hall–Kier alpha value is -1.73. The molecule has 0 radical (unpaired) electrons. The molecule has 2 rings (SSSR count). The summed E-state index contributed by atoms with van der Waals surface area (Å²) in [5.74, 6) is -0.566. The zero-order valence-electron chi connectivity index (χ0n) is 16.9. The fourth-order valence-corrected chi connectivity index (χ4v) is 6.17. The number of rotatable bonds is 12. The molecule has 0 fully saturated rings. The van der Waals surface area contributed by atoms with Crippen LogP contribution in [0.3, 0.4) is 0 Å². The van der Waals surface area contributed by atoms with Gasteiger partial charge in [0.2, 0.25) is 0 Å².